The number of esters is 1. The molecule has 2 aliphatic heterocycles. The number of hydroxylamine groups is 2. The zero-order valence-electron chi connectivity index (χ0n) is 18.1. The number of imidazole rings is 1. The van der Waals surface area contributed by atoms with Crippen molar-refractivity contribution in [2.45, 2.75) is 57.5 Å². The number of aromatic nitrogens is 4. The second-order valence-corrected chi connectivity index (χ2v) is 7.92. The topological polar surface area (TPSA) is 136 Å². The third-order valence-corrected chi connectivity index (χ3v) is 5.18. The number of nitrogens with zero attached hydrogens (tertiary/aromatic N) is 5. The molecule has 31 heavy (non-hydrogen) atoms. The zero-order chi connectivity index (χ0) is 22.2. The summed E-state index contributed by atoms with van der Waals surface area (Å²) in [4.78, 5) is 29.9. The molecule has 0 amide bonds. The lowest BCUT2D eigenvalue weighted by molar-refractivity contribution is -0.221. The number of nitrogens with two attached hydrogens (primary N) is 1. The molecule has 12 heteroatoms. The van der Waals surface area contributed by atoms with Gasteiger partial charge in [-0.3, -0.25) is 14.2 Å². The molecule has 2 aromatic heterocycles. The van der Waals surface area contributed by atoms with Crippen molar-refractivity contribution in [2.24, 2.45) is 0 Å². The molecule has 2 N–H and O–H groups in total. The normalized spacial score (nSPS) is 27.1. The molecule has 4 heterocycles. The van der Waals surface area contributed by atoms with Gasteiger partial charge in [0, 0.05) is 13.6 Å². The predicted molar refractivity (Wildman–Crippen MR) is 107 cm³/mol. The van der Waals surface area contributed by atoms with Gasteiger partial charge < -0.3 is 24.7 Å². The van der Waals surface area contributed by atoms with Crippen LogP contribution in [0.3, 0.4) is 0 Å². The van der Waals surface area contributed by atoms with Crippen LogP contribution in [0.15, 0.2) is 12.7 Å². The quantitative estimate of drug-likeness (QED) is 0.461. The van der Waals surface area contributed by atoms with Crippen LogP contribution in [0.25, 0.3) is 11.2 Å². The first-order valence-corrected chi connectivity index (χ1v) is 10.2. The Bertz CT molecular complexity index is 936. The molecule has 2 saturated heterocycles. The Kier molecular flexibility index (Phi) is 6.08. The van der Waals surface area contributed by atoms with Crippen molar-refractivity contribution in [1.29, 1.82) is 0 Å². The van der Waals surface area contributed by atoms with Crippen molar-refractivity contribution >= 4 is 23.0 Å². The maximum atomic E-state index is 11.5. The fourth-order valence-electron chi connectivity index (χ4n) is 3.82. The molecule has 0 spiro atoms. The summed E-state index contributed by atoms with van der Waals surface area (Å²) in [5.41, 5.74) is 6.97. The summed E-state index contributed by atoms with van der Waals surface area (Å²) in [5, 5.41) is 1.59. The Balaban J connectivity index is 1.46. The number of nitrogen functional groups attached to an aromatic ring is 1. The number of carbonyl (C=O) groups is 1. The molecule has 0 aliphatic carbocycles. The highest BCUT2D eigenvalue weighted by Crippen LogP contribution is 2.43. The summed E-state index contributed by atoms with van der Waals surface area (Å²) in [6, 6.07) is 0. The number of fused-ring (bicyclic) bond motifs is 2. The second-order valence-electron chi connectivity index (χ2n) is 7.92. The Morgan fingerprint density at radius 2 is 2.06 bits per heavy atom. The van der Waals surface area contributed by atoms with E-state index < -0.39 is 18.1 Å². The lowest BCUT2D eigenvalue weighted by Crippen LogP contribution is -2.35. The highest BCUT2D eigenvalue weighted by molar-refractivity contribution is 5.81. The van der Waals surface area contributed by atoms with Crippen LogP contribution in [0, 0.1) is 0 Å². The molecule has 0 radical (unpaired) electrons. The van der Waals surface area contributed by atoms with Gasteiger partial charge in [-0.05, 0) is 20.8 Å². The minimum Gasteiger partial charge on any atom is -0.466 e. The van der Waals surface area contributed by atoms with Gasteiger partial charge in [0.25, 0.3) is 0 Å². The van der Waals surface area contributed by atoms with Crippen molar-refractivity contribution < 1.29 is 28.6 Å². The van der Waals surface area contributed by atoms with Gasteiger partial charge in [0.2, 0.25) is 0 Å². The summed E-state index contributed by atoms with van der Waals surface area (Å²) in [7, 11) is 1.75. The van der Waals surface area contributed by atoms with E-state index in [-0.39, 0.29) is 31.2 Å². The molecule has 0 aromatic carbocycles. The maximum absolute atomic E-state index is 11.5. The average molecular weight is 436 g/mol. The van der Waals surface area contributed by atoms with E-state index in [1.165, 1.54) is 6.33 Å². The van der Waals surface area contributed by atoms with E-state index in [4.69, 9.17) is 29.5 Å². The highest BCUT2D eigenvalue weighted by Gasteiger charge is 2.56. The molecule has 2 fully saturated rings. The van der Waals surface area contributed by atoms with Crippen molar-refractivity contribution in [1.82, 2.24) is 24.6 Å². The Hall–Kier alpha value is -2.38. The van der Waals surface area contributed by atoms with Gasteiger partial charge in [0.1, 0.15) is 30.2 Å². The molecule has 0 saturated carbocycles. The number of carbonyl (C=O) groups excluding carboxylic acids is 1. The molecule has 170 valence electrons. The van der Waals surface area contributed by atoms with Crippen LogP contribution in [0.4, 0.5) is 5.82 Å². The fourth-order valence-corrected chi connectivity index (χ4v) is 3.82. The highest BCUT2D eigenvalue weighted by atomic mass is 16.8. The van der Waals surface area contributed by atoms with Crippen LogP contribution < -0.4 is 5.73 Å². The molecule has 0 bridgehead atoms. The van der Waals surface area contributed by atoms with Crippen LogP contribution in [0.1, 0.15) is 33.4 Å². The van der Waals surface area contributed by atoms with Gasteiger partial charge in [-0.15, -0.1) is 0 Å². The summed E-state index contributed by atoms with van der Waals surface area (Å²) in [6.07, 6.45) is 1.57. The van der Waals surface area contributed by atoms with E-state index >= 15 is 0 Å². The molecular weight excluding hydrogens is 408 g/mol. The van der Waals surface area contributed by atoms with E-state index in [1.54, 1.807) is 29.9 Å². The van der Waals surface area contributed by atoms with E-state index in [0.29, 0.717) is 30.1 Å². The number of hydrogen-bond donors (Lipinski definition) is 1. The molecule has 4 atom stereocenters. The summed E-state index contributed by atoms with van der Waals surface area (Å²) >= 11 is 0. The Labute approximate surface area is 179 Å². The van der Waals surface area contributed by atoms with E-state index in [1.807, 2.05) is 13.8 Å². The van der Waals surface area contributed by atoms with Crippen LogP contribution >= 0.6 is 0 Å². The minimum atomic E-state index is -0.768. The number of rotatable bonds is 8. The zero-order valence-corrected chi connectivity index (χ0v) is 18.1. The molecule has 0 unspecified atom stereocenters. The van der Waals surface area contributed by atoms with Gasteiger partial charge in [-0.2, -0.15) is 5.06 Å². The molecular formula is C19H28N6O6. The van der Waals surface area contributed by atoms with Crippen LogP contribution in [0.5, 0.6) is 0 Å². The van der Waals surface area contributed by atoms with E-state index in [9.17, 15) is 4.79 Å². The van der Waals surface area contributed by atoms with Crippen LogP contribution in [-0.2, 0) is 28.6 Å². The van der Waals surface area contributed by atoms with E-state index in [0.717, 1.165) is 0 Å². The first-order valence-electron chi connectivity index (χ1n) is 10.2. The monoisotopic (exact) mass is 436 g/mol. The first kappa shape index (κ1) is 21.8. The van der Waals surface area contributed by atoms with Crippen molar-refractivity contribution in [3.05, 3.63) is 12.7 Å². The maximum Gasteiger partial charge on any atom is 0.307 e. The standard InChI is InChI=1S/C19H28N6O6/c1-5-27-12(26)6-7-24(4)28-8-11-14-15(31-19(2,3)30-14)18(29-11)25-10-23-13-16(20)21-9-22-17(13)25/h9-11,14-15,18H,5-8H2,1-4H3,(H2,20,21,22)/t11-,14-,15-,18-/m1/s1. The first-order chi connectivity index (χ1) is 14.8. The van der Waals surface area contributed by atoms with Gasteiger partial charge in [-0.25, -0.2) is 15.0 Å². The van der Waals surface area contributed by atoms with Gasteiger partial charge in [0.15, 0.2) is 23.5 Å². The molecule has 2 aromatic rings. The average Bonchev–Trinajstić information content (AvgIpc) is 3.36. The predicted octanol–water partition coefficient (Wildman–Crippen LogP) is 0.643. The fraction of sp³-hybridized carbons (Fsp3) is 0.684. The largest absolute Gasteiger partial charge is 0.466 e. The third kappa shape index (κ3) is 4.48. The molecule has 2 aliphatic rings. The Morgan fingerprint density at radius 3 is 2.84 bits per heavy atom. The number of hydrogen-bond acceptors (Lipinski definition) is 11. The summed E-state index contributed by atoms with van der Waals surface area (Å²) in [5.74, 6) is -0.737. The smallest absolute Gasteiger partial charge is 0.307 e. The lowest BCUT2D eigenvalue weighted by atomic mass is 10.1. The molecule has 12 nitrogen and oxygen atoms in total. The minimum absolute atomic E-state index is 0.222. The second kappa shape index (κ2) is 8.63. The van der Waals surface area contributed by atoms with Gasteiger partial charge in [-0.1, -0.05) is 0 Å². The number of anilines is 1. The van der Waals surface area contributed by atoms with Crippen molar-refractivity contribution in [3.8, 4) is 0 Å². The van der Waals surface area contributed by atoms with Crippen molar-refractivity contribution in [2.75, 3.05) is 32.5 Å². The Morgan fingerprint density at radius 1 is 1.29 bits per heavy atom. The third-order valence-electron chi connectivity index (χ3n) is 5.18. The SMILES string of the molecule is CCOC(=O)CCN(C)OC[C@H]1O[C@@H](n2cnc3c(N)ncnc32)[C@@H]2OC(C)(C)O[C@@H]21. The van der Waals surface area contributed by atoms with Crippen molar-refractivity contribution in [3.63, 3.8) is 0 Å². The van der Waals surface area contributed by atoms with Crippen LogP contribution in [0.2, 0.25) is 0 Å². The summed E-state index contributed by atoms with van der Waals surface area (Å²) in [6.45, 7) is 6.47. The van der Waals surface area contributed by atoms with Gasteiger partial charge in [0.05, 0.1) is 26.0 Å². The van der Waals surface area contributed by atoms with Gasteiger partial charge >= 0.3 is 5.97 Å². The molecule has 4 rings (SSSR count). The van der Waals surface area contributed by atoms with Crippen LogP contribution in [-0.4, -0.2) is 81.5 Å². The number of ether oxygens (including phenoxy) is 4. The summed E-state index contributed by atoms with van der Waals surface area (Å²) < 4.78 is 25.2. The van der Waals surface area contributed by atoms with E-state index in [2.05, 4.69) is 15.0 Å². The lowest BCUT2D eigenvalue weighted by Gasteiger charge is -2.25.